The summed E-state index contributed by atoms with van der Waals surface area (Å²) in [6, 6.07) is 3.42. The average molecular weight is 241 g/mol. The van der Waals surface area contributed by atoms with Crippen molar-refractivity contribution in [1.29, 1.82) is 0 Å². The van der Waals surface area contributed by atoms with Gasteiger partial charge in [-0.2, -0.15) is 0 Å². The third-order valence-electron chi connectivity index (χ3n) is 1.57. The quantitative estimate of drug-likeness (QED) is 0.821. The fourth-order valence-electron chi connectivity index (χ4n) is 1.05. The summed E-state index contributed by atoms with van der Waals surface area (Å²) in [5, 5.41) is 4.49. The lowest BCUT2D eigenvalue weighted by Gasteiger charge is -2.20. The van der Waals surface area contributed by atoms with E-state index in [0.29, 0.717) is 4.88 Å². The molecule has 0 saturated heterocycles. The van der Waals surface area contributed by atoms with E-state index in [1.165, 1.54) is 11.3 Å². The van der Waals surface area contributed by atoms with Gasteiger partial charge in [0.1, 0.15) is 4.88 Å². The number of hydrogen-bond donors (Lipinski definition) is 1. The van der Waals surface area contributed by atoms with Crippen LogP contribution in [0.15, 0.2) is 17.5 Å². The number of esters is 1. The van der Waals surface area contributed by atoms with Crippen molar-refractivity contribution in [3.05, 3.63) is 22.4 Å². The highest BCUT2D eigenvalue weighted by atomic mass is 32.1. The topological polar surface area (TPSA) is 55.4 Å². The molecular weight excluding hydrogens is 226 g/mol. The van der Waals surface area contributed by atoms with Crippen molar-refractivity contribution in [2.45, 2.75) is 26.3 Å². The molecule has 1 N–H and O–H groups in total. The van der Waals surface area contributed by atoms with Crippen LogP contribution in [0.1, 0.15) is 30.4 Å². The number of amides is 1. The molecule has 1 rings (SSSR count). The van der Waals surface area contributed by atoms with Crippen LogP contribution in [-0.2, 0) is 9.53 Å². The highest BCUT2D eigenvalue weighted by Crippen LogP contribution is 2.09. The molecule has 88 valence electrons. The summed E-state index contributed by atoms with van der Waals surface area (Å²) in [6.45, 7) is 5.36. The van der Waals surface area contributed by atoms with E-state index < -0.39 is 5.97 Å². The number of thiophene rings is 1. The monoisotopic (exact) mass is 241 g/mol. The zero-order chi connectivity index (χ0) is 12.2. The number of hydrogen-bond acceptors (Lipinski definition) is 4. The van der Waals surface area contributed by atoms with Gasteiger partial charge >= 0.3 is 5.97 Å². The van der Waals surface area contributed by atoms with Gasteiger partial charge in [0.05, 0.1) is 0 Å². The first kappa shape index (κ1) is 12.7. The van der Waals surface area contributed by atoms with Crippen LogP contribution in [-0.4, -0.2) is 24.0 Å². The zero-order valence-electron chi connectivity index (χ0n) is 9.57. The van der Waals surface area contributed by atoms with E-state index in [2.05, 4.69) is 5.32 Å². The second kappa shape index (κ2) is 5.12. The summed E-state index contributed by atoms with van der Waals surface area (Å²) in [5.41, 5.74) is -0.313. The van der Waals surface area contributed by atoms with E-state index in [1.54, 1.807) is 17.5 Å². The Morgan fingerprint density at radius 2 is 2.12 bits per heavy atom. The van der Waals surface area contributed by atoms with Gasteiger partial charge in [0.2, 0.25) is 0 Å². The standard InChI is InChI=1S/C11H15NO3S/c1-11(2,3)12-9(13)7-15-10(14)8-5-4-6-16-8/h4-6H,7H2,1-3H3,(H,12,13). The van der Waals surface area contributed by atoms with Crippen molar-refractivity contribution in [1.82, 2.24) is 5.32 Å². The normalized spacial score (nSPS) is 10.9. The van der Waals surface area contributed by atoms with Gasteiger partial charge in [-0.1, -0.05) is 6.07 Å². The summed E-state index contributed by atoms with van der Waals surface area (Å²) in [5.74, 6) is -0.753. The van der Waals surface area contributed by atoms with E-state index in [-0.39, 0.29) is 18.1 Å². The van der Waals surface area contributed by atoms with Crippen molar-refractivity contribution in [2.75, 3.05) is 6.61 Å². The van der Waals surface area contributed by atoms with E-state index in [9.17, 15) is 9.59 Å². The Labute approximate surface area is 98.6 Å². The maximum atomic E-state index is 11.4. The largest absolute Gasteiger partial charge is 0.451 e. The van der Waals surface area contributed by atoms with E-state index in [1.807, 2.05) is 20.8 Å². The first-order valence-corrected chi connectivity index (χ1v) is 5.78. The molecule has 1 heterocycles. The zero-order valence-corrected chi connectivity index (χ0v) is 10.4. The molecule has 0 bridgehead atoms. The molecule has 0 saturated carbocycles. The predicted molar refractivity (Wildman–Crippen MR) is 62.5 cm³/mol. The number of carbonyl (C=O) groups excluding carboxylic acids is 2. The summed E-state index contributed by atoms with van der Waals surface area (Å²) < 4.78 is 4.85. The summed E-state index contributed by atoms with van der Waals surface area (Å²) >= 11 is 1.29. The van der Waals surface area contributed by atoms with Crippen molar-refractivity contribution in [2.24, 2.45) is 0 Å². The van der Waals surface area contributed by atoms with Crippen LogP contribution in [0.5, 0.6) is 0 Å². The van der Waals surface area contributed by atoms with Crippen LogP contribution in [0.2, 0.25) is 0 Å². The highest BCUT2D eigenvalue weighted by molar-refractivity contribution is 7.11. The first-order valence-electron chi connectivity index (χ1n) is 4.90. The molecule has 1 aromatic heterocycles. The molecule has 5 heteroatoms. The van der Waals surface area contributed by atoms with Gasteiger partial charge < -0.3 is 10.1 Å². The van der Waals surface area contributed by atoms with Gasteiger partial charge in [0, 0.05) is 5.54 Å². The molecule has 16 heavy (non-hydrogen) atoms. The van der Waals surface area contributed by atoms with Crippen molar-refractivity contribution >= 4 is 23.2 Å². The van der Waals surface area contributed by atoms with Gasteiger partial charge in [-0.05, 0) is 32.2 Å². The lowest BCUT2D eigenvalue weighted by molar-refractivity contribution is -0.125. The lowest BCUT2D eigenvalue weighted by Crippen LogP contribution is -2.42. The molecule has 0 aliphatic rings. The van der Waals surface area contributed by atoms with Gasteiger partial charge in [0.25, 0.3) is 5.91 Å². The lowest BCUT2D eigenvalue weighted by atomic mass is 10.1. The highest BCUT2D eigenvalue weighted by Gasteiger charge is 2.16. The van der Waals surface area contributed by atoms with E-state index >= 15 is 0 Å². The van der Waals surface area contributed by atoms with E-state index in [4.69, 9.17) is 4.74 Å². The maximum Gasteiger partial charge on any atom is 0.348 e. The molecule has 0 aliphatic heterocycles. The molecule has 0 unspecified atom stereocenters. The minimum absolute atomic E-state index is 0.242. The Bertz CT molecular complexity index is 365. The minimum atomic E-state index is -0.459. The molecule has 0 radical (unpaired) electrons. The maximum absolute atomic E-state index is 11.4. The Kier molecular flexibility index (Phi) is 4.06. The second-order valence-electron chi connectivity index (χ2n) is 4.35. The molecule has 0 atom stereocenters. The second-order valence-corrected chi connectivity index (χ2v) is 5.30. The van der Waals surface area contributed by atoms with Crippen molar-refractivity contribution in [3.63, 3.8) is 0 Å². The fourth-order valence-corrected chi connectivity index (χ4v) is 1.67. The number of ether oxygens (including phenoxy) is 1. The van der Waals surface area contributed by atoms with Crippen molar-refractivity contribution < 1.29 is 14.3 Å². The van der Waals surface area contributed by atoms with Crippen molar-refractivity contribution in [3.8, 4) is 0 Å². The number of rotatable bonds is 3. The average Bonchev–Trinajstić information content (AvgIpc) is 2.64. The number of nitrogens with one attached hydrogen (secondary N) is 1. The summed E-state index contributed by atoms with van der Waals surface area (Å²) in [6.07, 6.45) is 0. The van der Waals surface area contributed by atoms with Gasteiger partial charge in [-0.15, -0.1) is 11.3 Å². The molecular formula is C11H15NO3S. The SMILES string of the molecule is CC(C)(C)NC(=O)COC(=O)c1cccs1. The first-order chi connectivity index (χ1) is 7.38. The van der Waals surface area contributed by atoms with Crippen LogP contribution in [0, 0.1) is 0 Å². The molecule has 1 amide bonds. The van der Waals surface area contributed by atoms with Crippen LogP contribution in [0.4, 0.5) is 0 Å². The minimum Gasteiger partial charge on any atom is -0.451 e. The Morgan fingerprint density at radius 1 is 1.44 bits per heavy atom. The molecule has 4 nitrogen and oxygen atoms in total. The van der Waals surface area contributed by atoms with Gasteiger partial charge in [-0.25, -0.2) is 4.79 Å². The molecule has 0 fully saturated rings. The molecule has 1 aromatic rings. The Hall–Kier alpha value is -1.36. The van der Waals surface area contributed by atoms with Gasteiger partial charge in [0.15, 0.2) is 6.61 Å². The molecule has 0 spiro atoms. The third kappa shape index (κ3) is 4.44. The number of carbonyl (C=O) groups is 2. The Balaban J connectivity index is 2.35. The van der Waals surface area contributed by atoms with Crippen LogP contribution in [0.25, 0.3) is 0 Å². The van der Waals surface area contributed by atoms with Crippen LogP contribution < -0.4 is 5.32 Å². The summed E-state index contributed by atoms with van der Waals surface area (Å²) in [4.78, 5) is 23.2. The molecule has 0 aromatic carbocycles. The smallest absolute Gasteiger partial charge is 0.348 e. The predicted octanol–water partition coefficient (Wildman–Crippen LogP) is 1.82. The van der Waals surface area contributed by atoms with E-state index in [0.717, 1.165) is 0 Å². The molecule has 0 aliphatic carbocycles. The fraction of sp³-hybridized carbons (Fsp3) is 0.455. The van der Waals surface area contributed by atoms with Crippen LogP contribution >= 0.6 is 11.3 Å². The third-order valence-corrected chi connectivity index (χ3v) is 2.42. The van der Waals surface area contributed by atoms with Gasteiger partial charge in [-0.3, -0.25) is 4.79 Å². The Morgan fingerprint density at radius 3 is 2.62 bits per heavy atom. The van der Waals surface area contributed by atoms with Crippen LogP contribution in [0.3, 0.4) is 0 Å². The summed E-state index contributed by atoms with van der Waals surface area (Å²) in [7, 11) is 0.